The molecule has 0 saturated carbocycles. The Morgan fingerprint density at radius 3 is 1.21 bits per heavy atom. The van der Waals surface area contributed by atoms with Crippen molar-refractivity contribution in [2.45, 2.75) is 332 Å². The lowest BCUT2D eigenvalue weighted by molar-refractivity contribution is -0.255. The number of amides is 5. The Bertz CT molecular complexity index is 3790. The first-order valence-electron chi connectivity index (χ1n) is 47.0. The number of phosphoric ester groups is 1. The van der Waals surface area contributed by atoms with E-state index in [9.17, 15) is 88.8 Å². The number of benzene rings is 1. The number of ketones is 3. The third-order valence-corrected chi connectivity index (χ3v) is 24.7. The van der Waals surface area contributed by atoms with Crippen molar-refractivity contribution >= 4 is 84.6 Å². The highest BCUT2D eigenvalue weighted by atomic mass is 31.2. The average molecular weight is 1960 g/mol. The monoisotopic (exact) mass is 1960 g/mol. The zero-order chi connectivity index (χ0) is 99.9. The molecular formula is C93H154F5N6O30P. The molecule has 1 aromatic carbocycles. The van der Waals surface area contributed by atoms with Gasteiger partial charge in [0.25, 0.3) is 0 Å². The number of hydrogen-bond donors (Lipinski definition) is 7. The van der Waals surface area contributed by atoms with Crippen LogP contribution in [0.1, 0.15) is 277 Å². The van der Waals surface area contributed by atoms with Gasteiger partial charge in [-0.05, 0) is 132 Å². The van der Waals surface area contributed by atoms with Crippen molar-refractivity contribution in [2.24, 2.45) is 47.2 Å². The predicted octanol–water partition coefficient (Wildman–Crippen LogP) is 11.7. The van der Waals surface area contributed by atoms with Gasteiger partial charge < -0.3 is 98.8 Å². The maximum atomic E-state index is 14.4. The van der Waals surface area contributed by atoms with Gasteiger partial charge in [0, 0.05) is 151 Å². The van der Waals surface area contributed by atoms with Gasteiger partial charge in [-0.2, -0.15) is 8.78 Å². The Morgan fingerprint density at radius 1 is 0.393 bits per heavy atom. The van der Waals surface area contributed by atoms with Crippen molar-refractivity contribution in [2.75, 3.05) is 106 Å². The summed E-state index contributed by atoms with van der Waals surface area (Å²) in [5, 5.41) is 14.1. The second-order valence-corrected chi connectivity index (χ2v) is 36.3. The molecule has 135 heavy (non-hydrogen) atoms. The predicted molar refractivity (Wildman–Crippen MR) is 482 cm³/mol. The molecule has 0 aromatic heterocycles. The molecule has 3 aliphatic rings. The number of Topliss-reactive ketones (excluding diaryl/α,β-unsaturated/α-hetero) is 3. The largest absolute Gasteiger partial charge is 0.471 e. The third kappa shape index (κ3) is 50.7. The number of nitrogens with one attached hydrogen (secondary N) is 5. The number of rotatable bonds is 68. The van der Waals surface area contributed by atoms with E-state index in [1.54, 1.807) is 0 Å². The van der Waals surface area contributed by atoms with Gasteiger partial charge in [-0.15, -0.1) is 0 Å². The van der Waals surface area contributed by atoms with Crippen LogP contribution in [0.3, 0.4) is 0 Å². The van der Waals surface area contributed by atoms with E-state index in [0.29, 0.717) is 103 Å². The maximum absolute atomic E-state index is 14.4. The van der Waals surface area contributed by atoms with Gasteiger partial charge in [0.15, 0.2) is 18.9 Å². The molecule has 17 atom stereocenters. The molecule has 8 N–H and O–H groups in total. The van der Waals surface area contributed by atoms with E-state index in [4.69, 9.17) is 67.5 Å². The van der Waals surface area contributed by atoms with Crippen LogP contribution in [0, 0.1) is 70.5 Å². The zero-order valence-corrected chi connectivity index (χ0v) is 81.4. The fraction of sp³-hybridized carbons (Fsp3) is 0.796. The van der Waals surface area contributed by atoms with Crippen LogP contribution < -0.4 is 37.1 Å². The summed E-state index contributed by atoms with van der Waals surface area (Å²) >= 11 is 0. The molecular weight excluding hydrogens is 1810 g/mol. The van der Waals surface area contributed by atoms with Gasteiger partial charge in [-0.1, -0.05) is 81.6 Å². The molecule has 3 aliphatic heterocycles. The van der Waals surface area contributed by atoms with Gasteiger partial charge in [0.2, 0.25) is 64.4 Å². The number of nitrogens with two attached hydrogens (primary N) is 1. The number of halogens is 5. The van der Waals surface area contributed by atoms with E-state index >= 15 is 0 Å². The SMILES string of the molecule is C.CC(=O)NC1[C@H](OCCCCC(=O)CCCCCC(=O)OCC(COCCC(=O)CCCCCC(=O)CCCCO[C@@H]2OC(COC(C)=O)[C@H](C)[C@H](C)C2C)(COCCC(=O)NCCCNC(=O)CCCCO[C@@H]2OC(COC(C)=O)[C@H](C)[C@H](C)C2NC(C)=O)NC(=O)CCCC(=O)Oc2c(F)c(F)c(F)c(F)c2F)OC(COC(C)=O)[C@H](C)[C@@H]1C.COP(=O)(O)OCCCCCCN. The van der Waals surface area contributed by atoms with Crippen molar-refractivity contribution in [1.82, 2.24) is 26.6 Å². The average Bonchev–Trinajstić information content (AvgIpc) is 0.798. The third-order valence-electron chi connectivity index (χ3n) is 23.8. The van der Waals surface area contributed by atoms with E-state index in [1.165, 1.54) is 34.6 Å². The Hall–Kier alpha value is -7.67. The van der Waals surface area contributed by atoms with E-state index in [1.807, 2.05) is 27.7 Å². The highest BCUT2D eigenvalue weighted by molar-refractivity contribution is 7.47. The minimum atomic E-state index is -3.75. The van der Waals surface area contributed by atoms with Crippen molar-refractivity contribution in [3.63, 3.8) is 0 Å². The number of phosphoric acid groups is 1. The van der Waals surface area contributed by atoms with E-state index in [2.05, 4.69) is 61.1 Å². The number of carbonyl (C=O) groups is 13. The lowest BCUT2D eigenvalue weighted by Gasteiger charge is -2.44. The van der Waals surface area contributed by atoms with Gasteiger partial charge in [-0.3, -0.25) is 71.4 Å². The van der Waals surface area contributed by atoms with E-state index in [0.717, 1.165) is 32.8 Å². The molecule has 0 radical (unpaired) electrons. The van der Waals surface area contributed by atoms with Crippen LogP contribution >= 0.6 is 7.82 Å². The fourth-order valence-electron chi connectivity index (χ4n) is 14.9. The summed E-state index contributed by atoms with van der Waals surface area (Å²) in [6, 6.07) is -0.939. The zero-order valence-electron chi connectivity index (χ0n) is 80.5. The standard InChI is InChI=1S/C85H132F5N5O26.C7H18NO4P.CH4/c1-51-52(2)66(45-114-60(10)98)118-82(57(51)7)111-40-22-19-30-63(101)27-15-13-16-29-65(103)36-43-109-48-85(95-71(106)33-25-35-73(108)121-81-77(89)75(87)74(86)76(88)78(81)90,50-117-72(107)34-18-14-17-28-64(102)31-20-23-41-112-83-79(93-58(8)96)55(5)53(3)67(119-83)46-115-61(11)99)49-110-44-37-70(105)92-39-26-38-91-69(104)32-21-24-42-113-84-80(94-59(9)97)56(6)54(4)68(120-84)47-116-62(12)100;1-11-13(9,10)12-7-5-3-2-4-6-8;/h51-57,66-68,79-80,82-84H,13-50H2,1-12H3,(H,91,104)(H,92,105)(H,93,96)(H,94,97)(H,95,106);2-8H2,1H3,(H,9,10);1H4/t51-,52+,53+,54+,55-,56-,57?,66?,67?,68?,79?,80?,82+,83+,84+,85?;;/m0../s1. The molecule has 0 bridgehead atoms. The molecule has 3 saturated heterocycles. The lowest BCUT2D eigenvalue weighted by atomic mass is 9.79. The summed E-state index contributed by atoms with van der Waals surface area (Å²) in [6.07, 6.45) is 5.77. The van der Waals surface area contributed by atoms with Crippen LogP contribution in [-0.4, -0.2) is 242 Å². The Labute approximate surface area is 791 Å². The van der Waals surface area contributed by atoms with Crippen LogP contribution in [-0.2, 0) is 133 Å². The van der Waals surface area contributed by atoms with Crippen molar-refractivity contribution in [1.29, 1.82) is 0 Å². The van der Waals surface area contributed by atoms with Crippen LogP contribution in [0.2, 0.25) is 0 Å². The van der Waals surface area contributed by atoms with E-state index in [-0.39, 0.29) is 213 Å². The van der Waals surface area contributed by atoms with E-state index < -0.39 is 166 Å². The van der Waals surface area contributed by atoms with Crippen LogP contribution in [0.15, 0.2) is 0 Å². The summed E-state index contributed by atoms with van der Waals surface area (Å²) < 4.78 is 165. The first kappa shape index (κ1) is 123. The second-order valence-electron chi connectivity index (χ2n) is 34.8. The minimum Gasteiger partial charge on any atom is -0.463 e. The number of ether oxygens (including phenoxy) is 13. The molecule has 42 heteroatoms. The number of esters is 5. The summed E-state index contributed by atoms with van der Waals surface area (Å²) in [6.45, 7) is 20.9. The van der Waals surface area contributed by atoms with Crippen LogP contribution in [0.25, 0.3) is 0 Å². The molecule has 0 aliphatic carbocycles. The van der Waals surface area contributed by atoms with Crippen molar-refractivity contribution in [3.05, 3.63) is 29.1 Å². The molecule has 8 unspecified atom stereocenters. The van der Waals surface area contributed by atoms with Gasteiger partial charge in [0.05, 0.1) is 63.4 Å². The maximum Gasteiger partial charge on any atom is 0.471 e. The second kappa shape index (κ2) is 68.4. The number of hydrogen-bond acceptors (Lipinski definition) is 30. The Morgan fingerprint density at radius 2 is 0.763 bits per heavy atom. The van der Waals surface area contributed by atoms with Gasteiger partial charge in [0.1, 0.15) is 49.3 Å². The molecule has 1 aromatic rings. The summed E-state index contributed by atoms with van der Waals surface area (Å²) in [5.41, 5.74) is 3.50. The first-order valence-corrected chi connectivity index (χ1v) is 48.5. The molecule has 36 nitrogen and oxygen atoms in total. The molecule has 4 rings (SSSR count). The topological polar surface area (TPSA) is 484 Å². The number of unbranched alkanes of at least 4 members (excludes halogenated alkanes) is 10. The first-order chi connectivity index (χ1) is 63.6. The molecule has 3 fully saturated rings. The van der Waals surface area contributed by atoms with Crippen molar-refractivity contribution < 1.29 is 164 Å². The summed E-state index contributed by atoms with van der Waals surface area (Å²) in [4.78, 5) is 173. The minimum absolute atomic E-state index is 0. The Kier molecular flexibility index (Phi) is 62.5. The number of carbonyl (C=O) groups excluding carboxylic acids is 13. The Balaban J connectivity index is 0.00000406. The highest BCUT2D eigenvalue weighted by Crippen LogP contribution is 2.42. The normalized spacial score (nSPS) is 22.3. The van der Waals surface area contributed by atoms with Gasteiger partial charge >= 0.3 is 37.7 Å². The fourth-order valence-corrected chi connectivity index (χ4v) is 15.4. The van der Waals surface area contributed by atoms with Crippen molar-refractivity contribution in [3.8, 4) is 5.75 Å². The smallest absolute Gasteiger partial charge is 0.463 e. The van der Waals surface area contributed by atoms with Crippen LogP contribution in [0.5, 0.6) is 5.75 Å². The van der Waals surface area contributed by atoms with Crippen LogP contribution in [0.4, 0.5) is 22.0 Å². The lowest BCUT2D eigenvalue weighted by Crippen LogP contribution is -2.59. The molecule has 5 amide bonds. The summed E-state index contributed by atoms with van der Waals surface area (Å²) in [5.74, 6) is -19.4. The van der Waals surface area contributed by atoms with Gasteiger partial charge in [-0.25, -0.2) is 17.7 Å². The molecule has 0 spiro atoms. The molecule has 3 heterocycles. The highest BCUT2D eigenvalue weighted by Gasteiger charge is 2.46. The summed E-state index contributed by atoms with van der Waals surface area (Å²) in [7, 11) is -2.61. The molecule has 776 valence electrons. The quantitative estimate of drug-likeness (QED) is 0.00465.